The van der Waals surface area contributed by atoms with Crippen molar-refractivity contribution in [2.24, 2.45) is 5.92 Å². The van der Waals surface area contributed by atoms with E-state index in [1.807, 2.05) is 5.32 Å². The lowest BCUT2D eigenvalue weighted by molar-refractivity contribution is -0.285. The van der Waals surface area contributed by atoms with Crippen molar-refractivity contribution >= 4 is 23.1 Å². The average Bonchev–Trinajstić information content (AvgIpc) is 2.67. The molecule has 5 nitrogen and oxygen atoms in total. The van der Waals surface area contributed by atoms with Crippen molar-refractivity contribution in [3.63, 3.8) is 0 Å². The van der Waals surface area contributed by atoms with Crippen LogP contribution in [0.25, 0.3) is 0 Å². The SMILES string of the molecule is COc1ccc([C@H]2NC(=S)N[C@@](O)(C(F)(F)F)[C@@H]2C(=O)c2ccccc2)cc1. The Hall–Kier alpha value is -2.65. The Morgan fingerprint density at radius 3 is 2.29 bits per heavy atom. The van der Waals surface area contributed by atoms with Gasteiger partial charge in [0.2, 0.25) is 5.72 Å². The summed E-state index contributed by atoms with van der Waals surface area (Å²) in [7, 11) is 1.46. The lowest BCUT2D eigenvalue weighted by Gasteiger charge is -2.46. The molecule has 9 heteroatoms. The first-order valence-corrected chi connectivity index (χ1v) is 8.69. The van der Waals surface area contributed by atoms with Gasteiger partial charge >= 0.3 is 6.18 Å². The fourth-order valence-corrected chi connectivity index (χ4v) is 3.49. The number of methoxy groups -OCH3 is 1. The summed E-state index contributed by atoms with van der Waals surface area (Å²) >= 11 is 4.89. The van der Waals surface area contributed by atoms with Gasteiger partial charge in [-0.2, -0.15) is 13.2 Å². The van der Waals surface area contributed by atoms with Crippen LogP contribution in [-0.2, 0) is 0 Å². The molecule has 28 heavy (non-hydrogen) atoms. The van der Waals surface area contributed by atoms with Crippen LogP contribution in [0, 0.1) is 5.92 Å². The summed E-state index contributed by atoms with van der Waals surface area (Å²) in [4.78, 5) is 13.1. The van der Waals surface area contributed by atoms with Crippen molar-refractivity contribution in [3.8, 4) is 5.75 Å². The van der Waals surface area contributed by atoms with E-state index in [0.717, 1.165) is 0 Å². The Morgan fingerprint density at radius 1 is 1.14 bits per heavy atom. The van der Waals surface area contributed by atoms with Crippen molar-refractivity contribution in [1.29, 1.82) is 0 Å². The molecule has 0 radical (unpaired) electrons. The number of thiocarbonyl (C=S) groups is 1. The van der Waals surface area contributed by atoms with Gasteiger partial charge in [-0.1, -0.05) is 42.5 Å². The maximum atomic E-state index is 13.9. The molecule has 0 aromatic heterocycles. The van der Waals surface area contributed by atoms with Crippen LogP contribution < -0.4 is 15.4 Å². The summed E-state index contributed by atoms with van der Waals surface area (Å²) in [5.74, 6) is -2.30. The van der Waals surface area contributed by atoms with Crippen LogP contribution in [0.5, 0.6) is 5.75 Å². The maximum Gasteiger partial charge on any atom is 0.437 e. The zero-order valence-corrected chi connectivity index (χ0v) is 15.5. The van der Waals surface area contributed by atoms with Crippen LogP contribution >= 0.6 is 12.2 Å². The Balaban J connectivity index is 2.13. The zero-order valence-electron chi connectivity index (χ0n) is 14.7. The van der Waals surface area contributed by atoms with Crippen molar-refractivity contribution in [2.45, 2.75) is 17.9 Å². The largest absolute Gasteiger partial charge is 0.497 e. The highest BCUT2D eigenvalue weighted by Crippen LogP contribution is 2.44. The van der Waals surface area contributed by atoms with Crippen LogP contribution in [0.3, 0.4) is 0 Å². The van der Waals surface area contributed by atoms with E-state index in [1.54, 1.807) is 18.2 Å². The molecular weight excluding hydrogens is 393 g/mol. The molecule has 3 N–H and O–H groups in total. The van der Waals surface area contributed by atoms with Crippen LogP contribution in [0.15, 0.2) is 54.6 Å². The Morgan fingerprint density at radius 2 is 1.75 bits per heavy atom. The number of alkyl halides is 3. The molecule has 3 rings (SSSR count). The predicted octanol–water partition coefficient (Wildman–Crippen LogP) is 2.96. The van der Waals surface area contributed by atoms with Crippen LogP contribution in [-0.4, -0.2) is 35.0 Å². The van der Waals surface area contributed by atoms with Gasteiger partial charge in [-0.25, -0.2) is 0 Å². The summed E-state index contributed by atoms with van der Waals surface area (Å²) in [5, 5.41) is 14.7. The highest BCUT2D eigenvalue weighted by atomic mass is 32.1. The molecule has 1 aliphatic heterocycles. The number of nitrogens with one attached hydrogen (secondary N) is 2. The van der Waals surface area contributed by atoms with E-state index >= 15 is 0 Å². The number of ketones is 1. The summed E-state index contributed by atoms with van der Waals surface area (Å²) in [6.07, 6.45) is -5.15. The summed E-state index contributed by atoms with van der Waals surface area (Å²) in [6, 6.07) is 12.5. The molecule has 0 saturated carbocycles. The number of rotatable bonds is 4. The molecule has 1 aliphatic rings. The van der Waals surface area contributed by atoms with Gasteiger partial charge in [0, 0.05) is 5.56 Å². The zero-order chi connectivity index (χ0) is 20.5. The van der Waals surface area contributed by atoms with E-state index in [9.17, 15) is 23.1 Å². The van der Waals surface area contributed by atoms with Crippen molar-refractivity contribution in [2.75, 3.05) is 7.11 Å². The van der Waals surface area contributed by atoms with E-state index in [0.29, 0.717) is 11.3 Å². The van der Waals surface area contributed by atoms with Crippen LogP contribution in [0.2, 0.25) is 0 Å². The molecule has 1 fully saturated rings. The third-order valence-corrected chi connectivity index (χ3v) is 4.84. The smallest absolute Gasteiger partial charge is 0.437 e. The fourth-order valence-electron chi connectivity index (χ4n) is 3.21. The third kappa shape index (κ3) is 3.55. The van der Waals surface area contributed by atoms with Gasteiger partial charge in [-0.15, -0.1) is 0 Å². The molecule has 1 saturated heterocycles. The highest BCUT2D eigenvalue weighted by molar-refractivity contribution is 7.80. The molecule has 3 atom stereocenters. The number of benzene rings is 2. The van der Waals surface area contributed by atoms with E-state index in [2.05, 4.69) is 5.32 Å². The quantitative estimate of drug-likeness (QED) is 0.532. The topological polar surface area (TPSA) is 70.6 Å². The maximum absolute atomic E-state index is 13.9. The molecule has 0 spiro atoms. The van der Waals surface area contributed by atoms with E-state index in [1.165, 1.54) is 43.5 Å². The molecule has 148 valence electrons. The minimum Gasteiger partial charge on any atom is -0.497 e. The molecular formula is C19H17F3N2O3S. The molecule has 0 amide bonds. The molecule has 0 aliphatic carbocycles. The summed E-state index contributed by atoms with van der Waals surface area (Å²) in [6.45, 7) is 0. The van der Waals surface area contributed by atoms with Crippen LogP contribution in [0.4, 0.5) is 13.2 Å². The summed E-state index contributed by atoms with van der Waals surface area (Å²) in [5.41, 5.74) is -3.14. The van der Waals surface area contributed by atoms with E-state index < -0.39 is 34.8 Å². The second kappa shape index (κ2) is 7.40. The molecule has 2 aromatic carbocycles. The van der Waals surface area contributed by atoms with Crippen molar-refractivity contribution in [3.05, 3.63) is 65.7 Å². The number of carbonyl (C=O) groups excluding carboxylic acids is 1. The Bertz CT molecular complexity index is 874. The van der Waals surface area contributed by atoms with Gasteiger partial charge in [0.15, 0.2) is 10.9 Å². The number of hydrogen-bond donors (Lipinski definition) is 3. The Kier molecular flexibility index (Phi) is 5.31. The normalized spacial score (nSPS) is 24.8. The predicted molar refractivity (Wildman–Crippen MR) is 99.9 cm³/mol. The van der Waals surface area contributed by atoms with E-state index in [-0.39, 0.29) is 5.56 Å². The van der Waals surface area contributed by atoms with Gasteiger partial charge in [0.05, 0.1) is 13.2 Å². The lowest BCUT2D eigenvalue weighted by atomic mass is 9.77. The van der Waals surface area contributed by atoms with Crippen molar-refractivity contribution < 1.29 is 27.8 Å². The first-order valence-electron chi connectivity index (χ1n) is 8.28. The van der Waals surface area contributed by atoms with Gasteiger partial charge in [0.25, 0.3) is 0 Å². The van der Waals surface area contributed by atoms with Crippen molar-refractivity contribution in [1.82, 2.24) is 10.6 Å². The van der Waals surface area contributed by atoms with Gasteiger partial charge in [-0.3, -0.25) is 4.79 Å². The molecule has 2 aromatic rings. The Labute approximate surface area is 164 Å². The highest BCUT2D eigenvalue weighted by Gasteiger charge is 2.65. The van der Waals surface area contributed by atoms with Gasteiger partial charge < -0.3 is 20.5 Å². The average molecular weight is 410 g/mol. The first-order chi connectivity index (χ1) is 13.2. The number of Topliss-reactive ketones (excluding diaryl/α,β-unsaturated/α-hetero) is 1. The van der Waals surface area contributed by atoms with Gasteiger partial charge in [0.1, 0.15) is 11.7 Å². The second-order valence-corrected chi connectivity index (χ2v) is 6.73. The standard InChI is InChI=1S/C19H17F3N2O3S/c1-27-13-9-7-11(8-10-13)15-14(16(25)12-5-3-2-4-6-12)18(26,19(20,21)22)24-17(28)23-15/h2-10,14-15,26H,1H3,(H2,23,24,28)/t14-,15+,18-/m0/s1. The van der Waals surface area contributed by atoms with Gasteiger partial charge in [-0.05, 0) is 29.9 Å². The number of ether oxygens (including phenoxy) is 1. The first kappa shape index (κ1) is 20.1. The monoisotopic (exact) mass is 410 g/mol. The molecule has 0 unspecified atom stereocenters. The molecule has 1 heterocycles. The number of aliphatic hydroxyl groups is 1. The van der Waals surface area contributed by atoms with Crippen LogP contribution in [0.1, 0.15) is 22.0 Å². The third-order valence-electron chi connectivity index (χ3n) is 4.62. The number of carbonyl (C=O) groups is 1. The minimum atomic E-state index is -5.15. The number of halogens is 3. The minimum absolute atomic E-state index is 0.0464. The number of hydrogen-bond acceptors (Lipinski definition) is 4. The molecule has 0 bridgehead atoms. The summed E-state index contributed by atoms with van der Waals surface area (Å²) < 4.78 is 46.6. The van der Waals surface area contributed by atoms with E-state index in [4.69, 9.17) is 17.0 Å². The fraction of sp³-hybridized carbons (Fsp3) is 0.263. The lowest BCUT2D eigenvalue weighted by Crippen LogP contribution is -2.72. The second-order valence-electron chi connectivity index (χ2n) is 6.32.